The first kappa shape index (κ1) is 52.1. The number of methoxy groups -OCH3 is 2. The minimum absolute atomic E-state index is 0.0115. The molecule has 18 nitrogen and oxygen atoms in total. The van der Waals surface area contributed by atoms with E-state index in [1.807, 2.05) is 86.3 Å². The normalized spacial score (nSPS) is 18.6. The molecule has 4 saturated heterocycles. The fourth-order valence-electron chi connectivity index (χ4n) is 9.36. The standard InChI is InChI=1S/C27H30N4O4.C19H24N2O4.C8H10N2O2/c1-17-7-8-22(13-18(17)2)31-16-21(15-24(31)32)27(33)30-11-9-19(10-12-30)26-28-25(29-35-26)20-5-4-6-23(14-20)34-3;1-12-3-4-16(9-13(12)2)21-11-15(10-17(21)22)18(23)20-7-5-14(6-8-20)19(24)25;1-12-7-4-2-3-6(5-7)8(9)10-11/h4-8,13-14,19,21H,9-12,15-16H2,1-3H3;3-4,9,14-15H,5-8,10-11H2,1-2H3,(H,24,25);2-5,11H,1H3,(H2,9,10). The van der Waals surface area contributed by atoms with Crippen molar-refractivity contribution in [1.29, 1.82) is 0 Å². The van der Waals surface area contributed by atoms with Gasteiger partial charge in [-0.2, -0.15) is 4.98 Å². The molecule has 0 spiro atoms. The lowest BCUT2D eigenvalue weighted by molar-refractivity contribution is -0.146. The lowest BCUT2D eigenvalue weighted by Crippen LogP contribution is -2.43. The number of hydrogen-bond acceptors (Lipinski definition) is 12. The third kappa shape index (κ3) is 12.4. The minimum Gasteiger partial charge on any atom is -0.497 e. The Morgan fingerprint density at radius 2 is 1.17 bits per heavy atom. The fraction of sp³-hybridized carbons (Fsp3) is 0.407. The zero-order valence-corrected chi connectivity index (χ0v) is 41.7. The van der Waals surface area contributed by atoms with Gasteiger partial charge in [0.2, 0.25) is 35.3 Å². The molecule has 18 heteroatoms. The first-order valence-corrected chi connectivity index (χ1v) is 24.2. The van der Waals surface area contributed by atoms with Crippen LogP contribution in [0.5, 0.6) is 11.5 Å². The van der Waals surface area contributed by atoms with Gasteiger partial charge in [0.05, 0.1) is 32.0 Å². The summed E-state index contributed by atoms with van der Waals surface area (Å²) in [5.41, 5.74) is 13.2. The Kier molecular flexibility index (Phi) is 17.0. The largest absolute Gasteiger partial charge is 0.497 e. The Balaban J connectivity index is 0.000000178. The molecular formula is C54H64N8O10. The van der Waals surface area contributed by atoms with Crippen LogP contribution in [0.3, 0.4) is 0 Å². The van der Waals surface area contributed by atoms with Crippen molar-refractivity contribution in [3.63, 3.8) is 0 Å². The maximum atomic E-state index is 13.2. The third-order valence-corrected chi connectivity index (χ3v) is 14.1. The number of nitrogens with zero attached hydrogens (tertiary/aromatic N) is 7. The molecule has 2 atom stereocenters. The highest BCUT2D eigenvalue weighted by atomic mass is 16.5. The molecule has 4 aromatic carbocycles. The van der Waals surface area contributed by atoms with Crippen LogP contribution in [-0.4, -0.2) is 119 Å². The van der Waals surface area contributed by atoms with E-state index in [9.17, 15) is 24.0 Å². The van der Waals surface area contributed by atoms with Crippen LogP contribution in [0.1, 0.15) is 78.2 Å². The topological polar surface area (TPSA) is 235 Å². The van der Waals surface area contributed by atoms with Gasteiger partial charge in [0, 0.05) is 80.5 Å². The molecule has 0 saturated carbocycles. The fourth-order valence-corrected chi connectivity index (χ4v) is 9.36. The predicted molar refractivity (Wildman–Crippen MR) is 270 cm³/mol. The Hall–Kier alpha value is -7.76. The van der Waals surface area contributed by atoms with Gasteiger partial charge in [-0.3, -0.25) is 24.0 Å². The number of oxime groups is 1. The lowest BCUT2D eigenvalue weighted by Gasteiger charge is -2.32. The Labute approximate surface area is 419 Å². The molecule has 0 radical (unpaired) electrons. The second-order valence-corrected chi connectivity index (χ2v) is 18.8. The summed E-state index contributed by atoms with van der Waals surface area (Å²) in [4.78, 5) is 73.7. The maximum absolute atomic E-state index is 13.2. The van der Waals surface area contributed by atoms with Crippen LogP contribution in [0.15, 0.2) is 94.6 Å². The monoisotopic (exact) mass is 984 g/mol. The van der Waals surface area contributed by atoms with Crippen molar-refractivity contribution in [2.45, 2.75) is 72.1 Å². The number of likely N-dealkylation sites (tertiary alicyclic amines) is 2. The van der Waals surface area contributed by atoms with Crippen molar-refractivity contribution in [3.8, 4) is 22.9 Å². The van der Waals surface area contributed by atoms with E-state index < -0.39 is 5.97 Å². The third-order valence-electron chi connectivity index (χ3n) is 14.1. The van der Waals surface area contributed by atoms with E-state index in [4.69, 9.17) is 30.0 Å². The quantitative estimate of drug-likeness (QED) is 0.0561. The van der Waals surface area contributed by atoms with Crippen molar-refractivity contribution in [2.24, 2.45) is 28.6 Å². The van der Waals surface area contributed by atoms with Crippen LogP contribution in [0.4, 0.5) is 11.4 Å². The van der Waals surface area contributed by atoms with Crippen molar-refractivity contribution in [1.82, 2.24) is 19.9 Å². The molecule has 5 heterocycles. The highest BCUT2D eigenvalue weighted by molar-refractivity contribution is 6.01. The predicted octanol–water partition coefficient (Wildman–Crippen LogP) is 6.89. The summed E-state index contributed by atoms with van der Waals surface area (Å²) < 4.78 is 15.8. The van der Waals surface area contributed by atoms with E-state index in [-0.39, 0.29) is 66.0 Å². The van der Waals surface area contributed by atoms with Crippen LogP contribution < -0.4 is 25.0 Å². The summed E-state index contributed by atoms with van der Waals surface area (Å²) >= 11 is 0. The van der Waals surface area contributed by atoms with Crippen LogP contribution >= 0.6 is 0 Å². The number of rotatable bonds is 10. The Morgan fingerprint density at radius 3 is 1.65 bits per heavy atom. The Morgan fingerprint density at radius 1 is 0.667 bits per heavy atom. The molecule has 380 valence electrons. The van der Waals surface area contributed by atoms with E-state index in [0.29, 0.717) is 75.1 Å². The molecule has 72 heavy (non-hydrogen) atoms. The summed E-state index contributed by atoms with van der Waals surface area (Å²) in [6, 6.07) is 26.4. The number of amidine groups is 1. The molecule has 0 aliphatic carbocycles. The molecule has 4 aliphatic rings. The second kappa shape index (κ2) is 23.4. The summed E-state index contributed by atoms with van der Waals surface area (Å²) in [5.74, 6) is 0.983. The molecule has 9 rings (SSSR count). The highest BCUT2D eigenvalue weighted by Crippen LogP contribution is 2.33. The van der Waals surface area contributed by atoms with E-state index >= 15 is 0 Å². The number of piperidine rings is 2. The molecule has 4 fully saturated rings. The van der Waals surface area contributed by atoms with Crippen molar-refractivity contribution < 1.29 is 48.3 Å². The zero-order valence-electron chi connectivity index (χ0n) is 41.7. The molecule has 4 amide bonds. The van der Waals surface area contributed by atoms with Crippen molar-refractivity contribution in [3.05, 3.63) is 119 Å². The molecule has 5 aromatic rings. The van der Waals surface area contributed by atoms with Gasteiger partial charge in [-0.1, -0.05) is 46.7 Å². The van der Waals surface area contributed by atoms with Gasteiger partial charge >= 0.3 is 5.97 Å². The average Bonchev–Trinajstić information content (AvgIpc) is 4.17. The maximum Gasteiger partial charge on any atom is 0.306 e. The van der Waals surface area contributed by atoms with Crippen LogP contribution in [-0.2, 0) is 24.0 Å². The first-order valence-electron chi connectivity index (χ1n) is 24.2. The number of carboxylic acid groups (broad SMARTS) is 1. The number of carbonyl (C=O) groups is 5. The van der Waals surface area contributed by atoms with Gasteiger partial charge in [-0.15, -0.1) is 0 Å². The second-order valence-electron chi connectivity index (χ2n) is 18.8. The Bertz CT molecular complexity index is 2800. The average molecular weight is 985 g/mol. The molecule has 4 aliphatic heterocycles. The smallest absolute Gasteiger partial charge is 0.306 e. The number of benzene rings is 4. The van der Waals surface area contributed by atoms with Gasteiger partial charge in [0.15, 0.2) is 5.84 Å². The molecule has 4 N–H and O–H groups in total. The van der Waals surface area contributed by atoms with Gasteiger partial charge in [0.25, 0.3) is 0 Å². The van der Waals surface area contributed by atoms with E-state index in [2.05, 4.69) is 22.2 Å². The van der Waals surface area contributed by atoms with Crippen molar-refractivity contribution in [2.75, 3.05) is 63.3 Å². The number of hydrogen-bond donors (Lipinski definition) is 3. The minimum atomic E-state index is -0.788. The first-order chi connectivity index (χ1) is 34.6. The zero-order chi connectivity index (χ0) is 51.6. The lowest BCUT2D eigenvalue weighted by atomic mass is 9.95. The number of aromatic nitrogens is 2. The molecule has 1 aromatic heterocycles. The van der Waals surface area contributed by atoms with E-state index in [1.54, 1.807) is 53.2 Å². The number of nitrogens with two attached hydrogens (primary N) is 1. The number of aliphatic carboxylic acids is 1. The molecule has 0 bridgehead atoms. The summed E-state index contributed by atoms with van der Waals surface area (Å²) in [6.07, 6.45) is 2.98. The SMILES string of the molecule is COc1cccc(-c2noc(C3CCN(C(=O)C4CC(=O)N(c5ccc(C)c(C)c5)C4)CC3)n2)c1.COc1cccc(C(N)=NO)c1.Cc1ccc(N2CC(C(=O)N3CCC(C(=O)O)CC3)CC2=O)cc1C. The number of aryl methyl sites for hydroxylation is 4. The van der Waals surface area contributed by atoms with E-state index in [1.165, 1.54) is 11.1 Å². The summed E-state index contributed by atoms with van der Waals surface area (Å²) in [7, 11) is 3.18. The van der Waals surface area contributed by atoms with Crippen LogP contribution in [0, 0.1) is 45.4 Å². The summed E-state index contributed by atoms with van der Waals surface area (Å²) in [5, 5.41) is 24.5. The van der Waals surface area contributed by atoms with Gasteiger partial charge in [-0.05, 0) is 124 Å². The number of anilines is 2. The van der Waals surface area contributed by atoms with Gasteiger partial charge in [-0.25, -0.2) is 0 Å². The van der Waals surface area contributed by atoms with Gasteiger partial charge in [0.1, 0.15) is 11.5 Å². The molecule has 2 unspecified atom stereocenters. The van der Waals surface area contributed by atoms with E-state index in [0.717, 1.165) is 46.7 Å². The number of amides is 4. The highest BCUT2D eigenvalue weighted by Gasteiger charge is 2.40. The number of carboxylic acids is 1. The summed E-state index contributed by atoms with van der Waals surface area (Å²) in [6.45, 7) is 11.1. The van der Waals surface area contributed by atoms with Crippen LogP contribution in [0.2, 0.25) is 0 Å². The number of carbonyl (C=O) groups excluding carboxylic acids is 4. The number of ether oxygens (including phenoxy) is 2. The van der Waals surface area contributed by atoms with Crippen LogP contribution in [0.25, 0.3) is 11.4 Å². The molecular weight excluding hydrogens is 921 g/mol. The van der Waals surface area contributed by atoms with Gasteiger partial charge < -0.3 is 49.6 Å². The van der Waals surface area contributed by atoms with Crippen molar-refractivity contribution >= 4 is 46.8 Å².